The predicted molar refractivity (Wildman–Crippen MR) is 54.5 cm³/mol. The minimum atomic E-state index is -3.43. The average molecular weight is 236 g/mol. The SMILES string of the molecule is CC(CCNS(=O)(=O)NC1CC1)C(=O)O. The highest BCUT2D eigenvalue weighted by Gasteiger charge is 2.26. The second-order valence-electron chi connectivity index (χ2n) is 3.82. The van der Waals surface area contributed by atoms with Gasteiger partial charge in [-0.3, -0.25) is 4.79 Å². The van der Waals surface area contributed by atoms with E-state index in [4.69, 9.17) is 5.11 Å². The maximum Gasteiger partial charge on any atom is 0.306 e. The maximum atomic E-state index is 11.3. The van der Waals surface area contributed by atoms with Crippen LogP contribution in [0.4, 0.5) is 0 Å². The maximum absolute atomic E-state index is 11.3. The van der Waals surface area contributed by atoms with E-state index >= 15 is 0 Å². The summed E-state index contributed by atoms with van der Waals surface area (Å²) in [7, 11) is -3.43. The monoisotopic (exact) mass is 236 g/mol. The van der Waals surface area contributed by atoms with Crippen molar-refractivity contribution in [3.05, 3.63) is 0 Å². The van der Waals surface area contributed by atoms with Crippen LogP contribution in [-0.2, 0) is 15.0 Å². The highest BCUT2D eigenvalue weighted by molar-refractivity contribution is 7.87. The predicted octanol–water partition coefficient (Wildman–Crippen LogP) is -0.316. The highest BCUT2D eigenvalue weighted by Crippen LogP contribution is 2.19. The second kappa shape index (κ2) is 4.91. The van der Waals surface area contributed by atoms with Gasteiger partial charge in [0.05, 0.1) is 5.92 Å². The zero-order chi connectivity index (χ0) is 11.5. The zero-order valence-electron chi connectivity index (χ0n) is 8.56. The van der Waals surface area contributed by atoms with Crippen molar-refractivity contribution >= 4 is 16.2 Å². The van der Waals surface area contributed by atoms with Crippen LogP contribution in [-0.4, -0.2) is 32.1 Å². The first-order valence-electron chi connectivity index (χ1n) is 4.90. The van der Waals surface area contributed by atoms with Gasteiger partial charge in [0, 0.05) is 12.6 Å². The molecule has 0 aromatic rings. The van der Waals surface area contributed by atoms with Gasteiger partial charge in [-0.2, -0.15) is 13.1 Å². The molecule has 6 nitrogen and oxygen atoms in total. The van der Waals surface area contributed by atoms with Crippen molar-refractivity contribution in [2.75, 3.05) is 6.54 Å². The van der Waals surface area contributed by atoms with Gasteiger partial charge in [-0.1, -0.05) is 6.92 Å². The molecule has 3 N–H and O–H groups in total. The van der Waals surface area contributed by atoms with Crippen molar-refractivity contribution in [1.82, 2.24) is 9.44 Å². The molecule has 0 heterocycles. The first-order valence-corrected chi connectivity index (χ1v) is 6.39. The summed E-state index contributed by atoms with van der Waals surface area (Å²) in [6, 6.07) is 0.0689. The van der Waals surface area contributed by atoms with Crippen molar-refractivity contribution < 1.29 is 18.3 Å². The first-order chi connectivity index (χ1) is 6.91. The summed E-state index contributed by atoms with van der Waals surface area (Å²) in [5, 5.41) is 8.57. The minimum absolute atomic E-state index is 0.0689. The van der Waals surface area contributed by atoms with Crippen LogP contribution < -0.4 is 9.44 Å². The van der Waals surface area contributed by atoms with Gasteiger partial charge in [0.25, 0.3) is 10.2 Å². The van der Waals surface area contributed by atoms with Crippen LogP contribution >= 0.6 is 0 Å². The number of hydrogen-bond acceptors (Lipinski definition) is 3. The van der Waals surface area contributed by atoms with E-state index in [1.54, 1.807) is 6.92 Å². The summed E-state index contributed by atoms with van der Waals surface area (Å²) >= 11 is 0. The molecule has 0 amide bonds. The highest BCUT2D eigenvalue weighted by atomic mass is 32.2. The van der Waals surface area contributed by atoms with E-state index in [1.807, 2.05) is 0 Å². The van der Waals surface area contributed by atoms with Crippen molar-refractivity contribution in [1.29, 1.82) is 0 Å². The normalized spacial score (nSPS) is 18.7. The van der Waals surface area contributed by atoms with Gasteiger partial charge >= 0.3 is 5.97 Å². The molecular formula is C8H16N2O4S. The molecule has 15 heavy (non-hydrogen) atoms. The molecule has 0 aromatic heterocycles. The number of carboxylic acid groups (broad SMARTS) is 1. The van der Waals surface area contributed by atoms with Gasteiger partial charge in [0.15, 0.2) is 0 Å². The molecule has 0 aromatic carbocycles. The lowest BCUT2D eigenvalue weighted by molar-refractivity contribution is -0.141. The Morgan fingerprint density at radius 1 is 1.53 bits per heavy atom. The Labute approximate surface area is 89.2 Å². The van der Waals surface area contributed by atoms with Gasteiger partial charge < -0.3 is 5.11 Å². The van der Waals surface area contributed by atoms with E-state index in [1.165, 1.54) is 0 Å². The Balaban J connectivity index is 2.20. The van der Waals surface area contributed by atoms with Gasteiger partial charge in [-0.15, -0.1) is 0 Å². The molecule has 88 valence electrons. The van der Waals surface area contributed by atoms with Gasteiger partial charge in [0.2, 0.25) is 0 Å². The molecule has 0 spiro atoms. The summed E-state index contributed by atoms with van der Waals surface area (Å²) in [5.41, 5.74) is 0. The number of carboxylic acids is 1. The fourth-order valence-corrected chi connectivity index (χ4v) is 2.14. The van der Waals surface area contributed by atoms with Gasteiger partial charge in [0.1, 0.15) is 0 Å². The molecule has 1 aliphatic carbocycles. The van der Waals surface area contributed by atoms with Crippen LogP contribution in [0.2, 0.25) is 0 Å². The molecule has 1 atom stereocenters. The quantitative estimate of drug-likeness (QED) is 0.564. The number of carbonyl (C=O) groups is 1. The largest absolute Gasteiger partial charge is 0.481 e. The van der Waals surface area contributed by atoms with Crippen molar-refractivity contribution in [3.8, 4) is 0 Å². The van der Waals surface area contributed by atoms with E-state index in [9.17, 15) is 13.2 Å². The minimum Gasteiger partial charge on any atom is -0.481 e. The Bertz CT molecular complexity index is 324. The summed E-state index contributed by atoms with van der Waals surface area (Å²) in [5.74, 6) is -1.45. The number of aliphatic carboxylic acids is 1. The van der Waals surface area contributed by atoms with E-state index in [2.05, 4.69) is 9.44 Å². The third kappa shape index (κ3) is 5.10. The lowest BCUT2D eigenvalue weighted by Gasteiger charge is -2.08. The number of rotatable bonds is 7. The third-order valence-electron chi connectivity index (χ3n) is 2.19. The Morgan fingerprint density at radius 2 is 2.13 bits per heavy atom. The number of hydrogen-bond donors (Lipinski definition) is 3. The van der Waals surface area contributed by atoms with E-state index in [0.717, 1.165) is 12.8 Å². The van der Waals surface area contributed by atoms with Crippen LogP contribution in [0.15, 0.2) is 0 Å². The van der Waals surface area contributed by atoms with Crippen LogP contribution in [0, 0.1) is 5.92 Å². The third-order valence-corrected chi connectivity index (χ3v) is 3.42. The van der Waals surface area contributed by atoms with Crippen LogP contribution in [0.1, 0.15) is 26.2 Å². The standard InChI is InChI=1S/C8H16N2O4S/c1-6(8(11)12)4-5-9-15(13,14)10-7-2-3-7/h6-7,9-10H,2-5H2,1H3,(H,11,12). The van der Waals surface area contributed by atoms with Crippen LogP contribution in [0.25, 0.3) is 0 Å². The van der Waals surface area contributed by atoms with Gasteiger partial charge in [-0.25, -0.2) is 4.72 Å². The van der Waals surface area contributed by atoms with E-state index in [0.29, 0.717) is 6.42 Å². The molecule has 7 heteroatoms. The second-order valence-corrected chi connectivity index (χ2v) is 5.35. The molecular weight excluding hydrogens is 220 g/mol. The average Bonchev–Trinajstić information content (AvgIpc) is 2.86. The molecule has 0 aliphatic heterocycles. The Hall–Kier alpha value is -0.660. The molecule has 0 bridgehead atoms. The first kappa shape index (κ1) is 12.4. The van der Waals surface area contributed by atoms with Crippen LogP contribution in [0.3, 0.4) is 0 Å². The van der Waals surface area contributed by atoms with Crippen molar-refractivity contribution in [2.45, 2.75) is 32.2 Å². The lowest BCUT2D eigenvalue weighted by atomic mass is 10.1. The van der Waals surface area contributed by atoms with Crippen molar-refractivity contribution in [3.63, 3.8) is 0 Å². The lowest BCUT2D eigenvalue weighted by Crippen LogP contribution is -2.38. The Kier molecular flexibility index (Phi) is 4.06. The molecule has 1 fully saturated rings. The molecule has 0 radical (unpaired) electrons. The fourth-order valence-electron chi connectivity index (χ4n) is 0.996. The smallest absolute Gasteiger partial charge is 0.306 e. The fraction of sp³-hybridized carbons (Fsp3) is 0.875. The summed E-state index contributed by atoms with van der Waals surface area (Å²) < 4.78 is 27.3. The van der Waals surface area contributed by atoms with Gasteiger partial charge in [-0.05, 0) is 19.3 Å². The van der Waals surface area contributed by atoms with E-state index < -0.39 is 22.1 Å². The zero-order valence-corrected chi connectivity index (χ0v) is 9.38. The molecule has 1 saturated carbocycles. The summed E-state index contributed by atoms with van der Waals surface area (Å²) in [6.45, 7) is 1.69. The molecule has 1 aliphatic rings. The molecule has 1 rings (SSSR count). The van der Waals surface area contributed by atoms with E-state index in [-0.39, 0.29) is 12.6 Å². The van der Waals surface area contributed by atoms with Crippen LogP contribution in [0.5, 0.6) is 0 Å². The molecule has 1 unspecified atom stereocenters. The summed E-state index contributed by atoms with van der Waals surface area (Å²) in [4.78, 5) is 10.4. The topological polar surface area (TPSA) is 95.5 Å². The summed E-state index contributed by atoms with van der Waals surface area (Å²) in [6.07, 6.45) is 2.06. The van der Waals surface area contributed by atoms with Crippen molar-refractivity contribution in [2.24, 2.45) is 5.92 Å². The Morgan fingerprint density at radius 3 is 2.60 bits per heavy atom. The number of nitrogens with one attached hydrogen (secondary N) is 2. The molecule has 0 saturated heterocycles.